The number of carbonyl (C=O) groups is 2. The normalized spacial score (nSPS) is 19.5. The number of anilines is 2. The smallest absolute Gasteiger partial charge is 0.255 e. The van der Waals surface area contributed by atoms with E-state index in [1.54, 1.807) is 30.6 Å². The van der Waals surface area contributed by atoms with Crippen LogP contribution in [0.1, 0.15) is 35.3 Å². The quantitative estimate of drug-likeness (QED) is 0.290. The molecule has 2 aliphatic heterocycles. The van der Waals surface area contributed by atoms with Gasteiger partial charge in [0.15, 0.2) is 11.6 Å². The molecule has 39 heavy (non-hydrogen) atoms. The second kappa shape index (κ2) is 11.8. The van der Waals surface area contributed by atoms with Gasteiger partial charge in [0, 0.05) is 48.9 Å². The number of rotatable bonds is 10. The van der Waals surface area contributed by atoms with Gasteiger partial charge in [-0.3, -0.25) is 9.78 Å². The zero-order valence-electron chi connectivity index (χ0n) is 21.9. The number of nitrogens with zero attached hydrogens (tertiary/aromatic N) is 1. The molecule has 10 nitrogen and oxygen atoms in total. The minimum Gasteiger partial charge on any atom is -0.492 e. The van der Waals surface area contributed by atoms with E-state index < -0.39 is 5.82 Å². The van der Waals surface area contributed by atoms with Crippen LogP contribution in [0.5, 0.6) is 11.5 Å². The molecule has 1 fully saturated rings. The summed E-state index contributed by atoms with van der Waals surface area (Å²) in [6, 6.07) is 6.30. The van der Waals surface area contributed by atoms with E-state index in [0.717, 1.165) is 12.8 Å². The lowest BCUT2D eigenvalue weighted by molar-refractivity contribution is -0.111. The summed E-state index contributed by atoms with van der Waals surface area (Å²) in [5.41, 5.74) is 2.95. The van der Waals surface area contributed by atoms with Gasteiger partial charge in [-0.15, -0.1) is 0 Å². The van der Waals surface area contributed by atoms with Gasteiger partial charge in [0.05, 0.1) is 42.5 Å². The first-order valence-electron chi connectivity index (χ1n) is 13.0. The van der Waals surface area contributed by atoms with Crippen molar-refractivity contribution in [2.75, 3.05) is 45.3 Å². The number of halogens is 1. The van der Waals surface area contributed by atoms with Crippen molar-refractivity contribution in [1.82, 2.24) is 20.6 Å². The van der Waals surface area contributed by atoms with Gasteiger partial charge in [0.2, 0.25) is 0 Å². The molecule has 0 radical (unpaired) electrons. The van der Waals surface area contributed by atoms with Crippen LogP contribution < -0.4 is 25.4 Å². The molecule has 1 amide bonds. The number of carbonyl (C=O) groups excluding carboxylic acids is 2. The second-order valence-corrected chi connectivity index (χ2v) is 9.51. The summed E-state index contributed by atoms with van der Waals surface area (Å²) < 4.78 is 31.8. The summed E-state index contributed by atoms with van der Waals surface area (Å²) in [5, 5.41) is 9.44. The van der Waals surface area contributed by atoms with Crippen LogP contribution in [-0.2, 0) is 9.53 Å². The van der Waals surface area contributed by atoms with Crippen molar-refractivity contribution >= 4 is 23.6 Å². The summed E-state index contributed by atoms with van der Waals surface area (Å²) in [4.78, 5) is 32.9. The van der Waals surface area contributed by atoms with Crippen molar-refractivity contribution in [2.24, 2.45) is 5.92 Å². The van der Waals surface area contributed by atoms with Crippen LogP contribution in [0.25, 0.3) is 11.3 Å². The fourth-order valence-corrected chi connectivity index (χ4v) is 5.15. The van der Waals surface area contributed by atoms with Gasteiger partial charge in [-0.1, -0.05) is 13.0 Å². The summed E-state index contributed by atoms with van der Waals surface area (Å²) in [6.45, 7) is 4.63. The average molecular weight is 538 g/mol. The number of para-hydroxylation sites is 1. The summed E-state index contributed by atoms with van der Waals surface area (Å²) >= 11 is 0. The molecule has 206 valence electrons. The average Bonchev–Trinajstić information content (AvgIpc) is 3.34. The van der Waals surface area contributed by atoms with Gasteiger partial charge in [0.25, 0.3) is 5.91 Å². The minimum absolute atomic E-state index is 0.0126. The number of hydrogen-bond acceptors (Lipinski definition) is 8. The van der Waals surface area contributed by atoms with Crippen molar-refractivity contribution < 1.29 is 28.2 Å². The van der Waals surface area contributed by atoms with Gasteiger partial charge in [-0.25, -0.2) is 4.39 Å². The number of benzene rings is 1. The molecule has 0 spiro atoms. The topological polar surface area (TPSA) is 127 Å². The van der Waals surface area contributed by atoms with Crippen LogP contribution in [0.3, 0.4) is 0 Å². The van der Waals surface area contributed by atoms with Crippen LogP contribution in [0.15, 0.2) is 36.7 Å². The molecule has 0 aliphatic carbocycles. The Hall–Kier alpha value is -3.96. The molecule has 2 aromatic heterocycles. The van der Waals surface area contributed by atoms with E-state index in [2.05, 4.69) is 25.9 Å². The summed E-state index contributed by atoms with van der Waals surface area (Å²) in [6.07, 6.45) is 4.65. The number of methoxy groups -OCH3 is 1. The molecule has 2 aliphatic rings. The van der Waals surface area contributed by atoms with E-state index in [1.165, 1.54) is 13.2 Å². The molecule has 11 heteroatoms. The van der Waals surface area contributed by atoms with Crippen molar-refractivity contribution in [2.45, 2.75) is 25.4 Å². The number of fused-ring (bicyclic) bond motifs is 1. The highest BCUT2D eigenvalue weighted by atomic mass is 19.1. The maximum Gasteiger partial charge on any atom is 0.255 e. The number of aromatic nitrogens is 2. The lowest BCUT2D eigenvalue weighted by Crippen LogP contribution is -2.41. The number of morpholine rings is 1. The molecule has 0 saturated carbocycles. The van der Waals surface area contributed by atoms with E-state index in [-0.39, 0.29) is 29.6 Å². The monoisotopic (exact) mass is 537 g/mol. The minimum atomic E-state index is -0.545. The molecule has 4 N–H and O–H groups in total. The maximum atomic E-state index is 14.6. The van der Waals surface area contributed by atoms with E-state index >= 15 is 0 Å². The molecule has 2 unspecified atom stereocenters. The Labute approximate surface area is 225 Å². The first kappa shape index (κ1) is 26.6. The van der Waals surface area contributed by atoms with Crippen LogP contribution in [0.2, 0.25) is 0 Å². The van der Waals surface area contributed by atoms with Gasteiger partial charge < -0.3 is 39.9 Å². The SMILES string of the molecule is CCC(C=O)C1CNC(=O)c2c1[nH]c(-c1ccncc1OC[C@@H]1CNCCO1)c2Nc1cccc(F)c1OC. The molecule has 0 bridgehead atoms. The molecule has 1 aromatic carbocycles. The van der Waals surface area contributed by atoms with Gasteiger partial charge in [-0.2, -0.15) is 0 Å². The number of pyridine rings is 1. The highest BCUT2D eigenvalue weighted by molar-refractivity contribution is 6.07. The largest absolute Gasteiger partial charge is 0.492 e. The number of aldehydes is 1. The Bertz CT molecular complexity index is 1340. The Morgan fingerprint density at radius 1 is 1.31 bits per heavy atom. The lowest BCUT2D eigenvalue weighted by Gasteiger charge is -2.27. The first-order chi connectivity index (χ1) is 19.0. The van der Waals surface area contributed by atoms with Crippen molar-refractivity contribution in [3.8, 4) is 22.8 Å². The Morgan fingerprint density at radius 3 is 2.92 bits per heavy atom. The highest BCUT2D eigenvalue weighted by Crippen LogP contribution is 2.45. The van der Waals surface area contributed by atoms with Crippen LogP contribution in [-0.4, -0.2) is 68.2 Å². The number of ether oxygens (including phenoxy) is 3. The third-order valence-electron chi connectivity index (χ3n) is 7.19. The zero-order chi connectivity index (χ0) is 27.4. The van der Waals surface area contributed by atoms with Crippen molar-refractivity contribution in [3.05, 3.63) is 53.7 Å². The fraction of sp³-hybridized carbons (Fsp3) is 0.393. The predicted molar refractivity (Wildman–Crippen MR) is 143 cm³/mol. The molecule has 3 atom stereocenters. The number of aromatic amines is 1. The standard InChI is InChI=1S/C28H32FN5O5/c1-3-16(14-35)19-12-32-28(36)23-24(19)34-25(26(23)33-21-6-4-5-20(29)27(21)37-2)18-7-8-30-13-22(18)39-15-17-11-31-9-10-38-17/h4-8,13-14,16-17,19,31,33-34H,3,9-12,15H2,1-2H3,(H,32,36)/t16?,17-,19?/m0/s1. The molecular formula is C28H32FN5O5. The lowest BCUT2D eigenvalue weighted by atomic mass is 9.84. The Kier molecular flexibility index (Phi) is 8.08. The van der Waals surface area contributed by atoms with Crippen LogP contribution in [0, 0.1) is 11.7 Å². The van der Waals surface area contributed by atoms with Gasteiger partial charge in [0.1, 0.15) is 24.7 Å². The van der Waals surface area contributed by atoms with E-state index in [9.17, 15) is 14.0 Å². The molecule has 5 rings (SSSR count). The summed E-state index contributed by atoms with van der Waals surface area (Å²) in [7, 11) is 1.38. The fourth-order valence-electron chi connectivity index (χ4n) is 5.15. The van der Waals surface area contributed by atoms with E-state index in [1.807, 2.05) is 6.92 Å². The molecular weight excluding hydrogens is 505 g/mol. The third kappa shape index (κ3) is 5.32. The Balaban J connectivity index is 1.63. The van der Waals surface area contributed by atoms with Crippen LogP contribution in [0.4, 0.5) is 15.8 Å². The maximum absolute atomic E-state index is 14.6. The van der Waals surface area contributed by atoms with Gasteiger partial charge in [-0.05, 0) is 24.6 Å². The molecule has 3 aromatic rings. The number of nitrogens with one attached hydrogen (secondary N) is 4. The van der Waals surface area contributed by atoms with Crippen molar-refractivity contribution in [1.29, 1.82) is 0 Å². The molecule has 1 saturated heterocycles. The predicted octanol–water partition coefficient (Wildman–Crippen LogP) is 3.39. The highest BCUT2D eigenvalue weighted by Gasteiger charge is 2.37. The summed E-state index contributed by atoms with van der Waals surface area (Å²) in [5.74, 6) is -0.928. The van der Waals surface area contributed by atoms with Gasteiger partial charge >= 0.3 is 0 Å². The first-order valence-corrected chi connectivity index (χ1v) is 13.0. The van der Waals surface area contributed by atoms with Crippen molar-refractivity contribution in [3.63, 3.8) is 0 Å². The third-order valence-corrected chi connectivity index (χ3v) is 7.19. The second-order valence-electron chi connectivity index (χ2n) is 9.51. The zero-order valence-corrected chi connectivity index (χ0v) is 21.9. The number of H-pyrrole nitrogens is 1. The van der Waals surface area contributed by atoms with Crippen LogP contribution >= 0.6 is 0 Å². The van der Waals surface area contributed by atoms with E-state index in [4.69, 9.17) is 14.2 Å². The molecule has 4 heterocycles. The number of hydrogen-bond donors (Lipinski definition) is 4. The Morgan fingerprint density at radius 2 is 2.18 bits per heavy atom. The number of amides is 1. The van der Waals surface area contributed by atoms with E-state index in [0.29, 0.717) is 72.4 Å².